The number of carbonyl (C=O) groups is 1. The zero-order valence-corrected chi connectivity index (χ0v) is 11.6. The standard InChI is InChI=1S/C15H25NO2/c1-12(2)10-14-11-18-9-8-16(14)15(17)13-6-4-3-5-7-13/h3-4,12-14H,5-11H2,1-2H3/t13-,14-/m1/s1. The Morgan fingerprint density at radius 3 is 2.94 bits per heavy atom. The Bertz CT molecular complexity index is 312. The van der Waals surface area contributed by atoms with Crippen molar-refractivity contribution < 1.29 is 9.53 Å². The highest BCUT2D eigenvalue weighted by Gasteiger charge is 2.31. The second-order valence-corrected chi connectivity index (χ2v) is 5.87. The van der Waals surface area contributed by atoms with Gasteiger partial charge in [0.1, 0.15) is 0 Å². The number of hydrogen-bond donors (Lipinski definition) is 0. The lowest BCUT2D eigenvalue weighted by atomic mass is 9.91. The van der Waals surface area contributed by atoms with Crippen LogP contribution in [0.3, 0.4) is 0 Å². The lowest BCUT2D eigenvalue weighted by molar-refractivity contribution is -0.145. The summed E-state index contributed by atoms with van der Waals surface area (Å²) in [6, 6.07) is 0.289. The van der Waals surface area contributed by atoms with E-state index < -0.39 is 0 Å². The Morgan fingerprint density at radius 1 is 1.44 bits per heavy atom. The molecule has 3 nitrogen and oxygen atoms in total. The fourth-order valence-corrected chi connectivity index (χ4v) is 2.94. The smallest absolute Gasteiger partial charge is 0.226 e. The Kier molecular flexibility index (Phi) is 4.81. The molecule has 1 fully saturated rings. The van der Waals surface area contributed by atoms with Crippen LogP contribution in [0.1, 0.15) is 39.5 Å². The average Bonchev–Trinajstić information content (AvgIpc) is 2.39. The van der Waals surface area contributed by atoms with E-state index in [2.05, 4.69) is 30.9 Å². The molecule has 3 heteroatoms. The lowest BCUT2D eigenvalue weighted by Crippen LogP contribution is -2.51. The van der Waals surface area contributed by atoms with E-state index in [1.54, 1.807) is 0 Å². The van der Waals surface area contributed by atoms with Crippen molar-refractivity contribution >= 4 is 5.91 Å². The summed E-state index contributed by atoms with van der Waals surface area (Å²) in [7, 11) is 0. The first-order valence-corrected chi connectivity index (χ1v) is 7.21. The van der Waals surface area contributed by atoms with Gasteiger partial charge in [-0.05, 0) is 31.6 Å². The first-order chi connectivity index (χ1) is 8.68. The Labute approximate surface area is 110 Å². The van der Waals surface area contributed by atoms with Crippen LogP contribution in [0.2, 0.25) is 0 Å². The average molecular weight is 251 g/mol. The summed E-state index contributed by atoms with van der Waals surface area (Å²) in [6.07, 6.45) is 8.38. The molecule has 1 amide bonds. The third kappa shape index (κ3) is 3.35. The van der Waals surface area contributed by atoms with Gasteiger partial charge in [-0.15, -0.1) is 0 Å². The molecule has 0 aromatic rings. The van der Waals surface area contributed by atoms with Crippen LogP contribution >= 0.6 is 0 Å². The highest BCUT2D eigenvalue weighted by molar-refractivity contribution is 5.79. The fourth-order valence-electron chi connectivity index (χ4n) is 2.94. The molecule has 1 saturated heterocycles. The second kappa shape index (κ2) is 6.37. The van der Waals surface area contributed by atoms with Gasteiger partial charge in [0.2, 0.25) is 5.91 Å². The molecule has 0 aromatic carbocycles. The first-order valence-electron chi connectivity index (χ1n) is 7.21. The SMILES string of the molecule is CC(C)C[C@@H]1COCCN1C(=O)[C@@H]1CC=CCC1. The molecule has 0 saturated carbocycles. The molecule has 0 unspecified atom stereocenters. The van der Waals surface area contributed by atoms with Crippen LogP contribution < -0.4 is 0 Å². The molecule has 1 aliphatic heterocycles. The predicted molar refractivity (Wildman–Crippen MR) is 72.3 cm³/mol. The van der Waals surface area contributed by atoms with Gasteiger partial charge in [0.05, 0.1) is 19.3 Å². The van der Waals surface area contributed by atoms with Gasteiger partial charge in [-0.3, -0.25) is 4.79 Å². The third-order valence-electron chi connectivity index (χ3n) is 3.87. The lowest BCUT2D eigenvalue weighted by Gasteiger charge is -2.38. The van der Waals surface area contributed by atoms with E-state index in [-0.39, 0.29) is 12.0 Å². The number of allylic oxidation sites excluding steroid dienone is 2. The second-order valence-electron chi connectivity index (χ2n) is 5.87. The van der Waals surface area contributed by atoms with Crippen molar-refractivity contribution in [2.45, 2.75) is 45.6 Å². The molecule has 1 aliphatic carbocycles. The van der Waals surface area contributed by atoms with Crippen LogP contribution in [0.15, 0.2) is 12.2 Å². The zero-order chi connectivity index (χ0) is 13.0. The summed E-state index contributed by atoms with van der Waals surface area (Å²) in [5.74, 6) is 1.18. The van der Waals surface area contributed by atoms with Crippen molar-refractivity contribution in [2.75, 3.05) is 19.8 Å². The predicted octanol–water partition coefficient (Wildman–Crippen LogP) is 2.62. The van der Waals surface area contributed by atoms with Crippen LogP contribution in [0.25, 0.3) is 0 Å². The van der Waals surface area contributed by atoms with Crippen molar-refractivity contribution in [2.24, 2.45) is 11.8 Å². The Morgan fingerprint density at radius 2 is 2.28 bits per heavy atom. The Hall–Kier alpha value is -0.830. The van der Waals surface area contributed by atoms with Gasteiger partial charge in [-0.2, -0.15) is 0 Å². The minimum Gasteiger partial charge on any atom is -0.377 e. The molecule has 2 aliphatic rings. The number of ether oxygens (including phenoxy) is 1. The summed E-state index contributed by atoms with van der Waals surface area (Å²) < 4.78 is 5.54. The van der Waals surface area contributed by atoms with E-state index in [4.69, 9.17) is 4.74 Å². The number of nitrogens with zero attached hydrogens (tertiary/aromatic N) is 1. The van der Waals surface area contributed by atoms with E-state index in [0.717, 1.165) is 32.2 Å². The van der Waals surface area contributed by atoms with Crippen molar-refractivity contribution in [1.82, 2.24) is 4.90 Å². The molecule has 102 valence electrons. The molecular weight excluding hydrogens is 226 g/mol. The third-order valence-corrected chi connectivity index (χ3v) is 3.87. The molecule has 0 radical (unpaired) electrons. The minimum absolute atomic E-state index is 0.211. The largest absolute Gasteiger partial charge is 0.377 e. The molecule has 0 N–H and O–H groups in total. The topological polar surface area (TPSA) is 29.5 Å². The number of rotatable bonds is 3. The van der Waals surface area contributed by atoms with E-state index in [9.17, 15) is 4.79 Å². The molecule has 0 bridgehead atoms. The summed E-state index contributed by atoms with van der Waals surface area (Å²) in [5, 5.41) is 0. The van der Waals surface area contributed by atoms with E-state index >= 15 is 0 Å². The molecule has 2 atom stereocenters. The van der Waals surface area contributed by atoms with Gasteiger partial charge in [0, 0.05) is 12.5 Å². The van der Waals surface area contributed by atoms with Crippen molar-refractivity contribution in [1.29, 1.82) is 0 Å². The summed E-state index contributed by atoms with van der Waals surface area (Å²) in [4.78, 5) is 14.7. The van der Waals surface area contributed by atoms with Crippen LogP contribution in [0.5, 0.6) is 0 Å². The molecule has 0 spiro atoms. The maximum atomic E-state index is 12.6. The summed E-state index contributed by atoms with van der Waals surface area (Å²) in [6.45, 7) is 6.60. The molecule has 18 heavy (non-hydrogen) atoms. The fraction of sp³-hybridized carbons (Fsp3) is 0.800. The monoisotopic (exact) mass is 251 g/mol. The number of carbonyl (C=O) groups excluding carboxylic acids is 1. The van der Waals surface area contributed by atoms with Gasteiger partial charge < -0.3 is 9.64 Å². The minimum atomic E-state index is 0.211. The van der Waals surface area contributed by atoms with Crippen molar-refractivity contribution in [3.05, 3.63) is 12.2 Å². The zero-order valence-electron chi connectivity index (χ0n) is 11.6. The van der Waals surface area contributed by atoms with E-state index in [0.29, 0.717) is 25.0 Å². The molecule has 2 rings (SSSR count). The maximum Gasteiger partial charge on any atom is 0.226 e. The van der Waals surface area contributed by atoms with Crippen LogP contribution in [0.4, 0.5) is 0 Å². The van der Waals surface area contributed by atoms with Gasteiger partial charge >= 0.3 is 0 Å². The van der Waals surface area contributed by atoms with Gasteiger partial charge in [-0.25, -0.2) is 0 Å². The summed E-state index contributed by atoms with van der Waals surface area (Å²) >= 11 is 0. The van der Waals surface area contributed by atoms with Gasteiger partial charge in [0.25, 0.3) is 0 Å². The van der Waals surface area contributed by atoms with Crippen LogP contribution in [0, 0.1) is 11.8 Å². The molecule has 0 aromatic heterocycles. The highest BCUT2D eigenvalue weighted by Crippen LogP contribution is 2.24. The highest BCUT2D eigenvalue weighted by atomic mass is 16.5. The molecular formula is C15H25NO2. The van der Waals surface area contributed by atoms with Crippen molar-refractivity contribution in [3.8, 4) is 0 Å². The summed E-state index contributed by atoms with van der Waals surface area (Å²) in [5.41, 5.74) is 0. The van der Waals surface area contributed by atoms with E-state index in [1.165, 1.54) is 0 Å². The first kappa shape index (κ1) is 13.6. The quantitative estimate of drug-likeness (QED) is 0.722. The normalized spacial score (nSPS) is 28.7. The maximum absolute atomic E-state index is 12.6. The number of morpholine rings is 1. The van der Waals surface area contributed by atoms with Gasteiger partial charge in [-0.1, -0.05) is 26.0 Å². The van der Waals surface area contributed by atoms with E-state index in [1.807, 2.05) is 0 Å². The van der Waals surface area contributed by atoms with Crippen LogP contribution in [-0.2, 0) is 9.53 Å². The van der Waals surface area contributed by atoms with Crippen molar-refractivity contribution in [3.63, 3.8) is 0 Å². The molecule has 1 heterocycles. The number of amides is 1. The van der Waals surface area contributed by atoms with Crippen LogP contribution in [-0.4, -0.2) is 36.6 Å². The van der Waals surface area contributed by atoms with Gasteiger partial charge in [0.15, 0.2) is 0 Å². The Balaban J connectivity index is 1.98. The number of hydrogen-bond acceptors (Lipinski definition) is 2.